The average Bonchev–Trinajstić information content (AvgIpc) is 2.37. The minimum Gasteiger partial charge on any atom is -0.396 e. The quantitative estimate of drug-likeness (QED) is 0.673. The Morgan fingerprint density at radius 1 is 1.05 bits per heavy atom. The van der Waals surface area contributed by atoms with Gasteiger partial charge in [-0.25, -0.2) is 0 Å². The molecule has 20 heavy (non-hydrogen) atoms. The fraction of sp³-hybridized carbons (Fsp3) is 0.765. The summed E-state index contributed by atoms with van der Waals surface area (Å²) in [4.78, 5) is 0. The van der Waals surface area contributed by atoms with Crippen LogP contribution in [0.3, 0.4) is 0 Å². The second-order valence-corrected chi connectivity index (χ2v) is 6.18. The summed E-state index contributed by atoms with van der Waals surface area (Å²) in [6.45, 7) is 12.2. The van der Waals surface area contributed by atoms with Gasteiger partial charge in [0.2, 0.25) is 0 Å². The van der Waals surface area contributed by atoms with Gasteiger partial charge in [0.25, 0.3) is 0 Å². The standard InChI is InChI=1S/C17H32O3/c1-11(2)8-12(3)16(19)13(4)9-14(5)17(20-7)15(6)10-18/h8-9,12,14-19H,10H2,1-7H3/b13-9+/t12-,14-,15-,16-,17+/m0/s1. The number of hydrogen-bond acceptors (Lipinski definition) is 3. The first-order valence-electron chi connectivity index (χ1n) is 7.39. The molecule has 0 saturated carbocycles. The van der Waals surface area contributed by atoms with Crippen molar-refractivity contribution in [3.8, 4) is 0 Å². The second kappa shape index (κ2) is 9.32. The van der Waals surface area contributed by atoms with Crippen LogP contribution in [0.15, 0.2) is 23.3 Å². The summed E-state index contributed by atoms with van der Waals surface area (Å²) < 4.78 is 5.47. The van der Waals surface area contributed by atoms with E-state index in [1.165, 1.54) is 5.57 Å². The van der Waals surface area contributed by atoms with E-state index in [0.717, 1.165) is 5.57 Å². The average molecular weight is 284 g/mol. The molecule has 0 fully saturated rings. The number of aliphatic hydroxyl groups excluding tert-OH is 2. The molecule has 0 rings (SSSR count). The van der Waals surface area contributed by atoms with Crippen molar-refractivity contribution in [2.75, 3.05) is 13.7 Å². The molecule has 0 saturated heterocycles. The topological polar surface area (TPSA) is 49.7 Å². The van der Waals surface area contributed by atoms with Crippen LogP contribution in [0.5, 0.6) is 0 Å². The van der Waals surface area contributed by atoms with Crippen molar-refractivity contribution >= 4 is 0 Å². The van der Waals surface area contributed by atoms with Crippen molar-refractivity contribution in [1.82, 2.24) is 0 Å². The van der Waals surface area contributed by atoms with E-state index in [9.17, 15) is 10.2 Å². The normalized spacial score (nSPS) is 19.9. The largest absolute Gasteiger partial charge is 0.396 e. The van der Waals surface area contributed by atoms with Crippen LogP contribution in [0, 0.1) is 17.8 Å². The SMILES string of the molecule is CO[C@H]([C@@H](C)/C=C(\C)[C@@H](O)[C@@H](C)C=C(C)C)[C@@H](C)CO. The van der Waals surface area contributed by atoms with Gasteiger partial charge in [-0.1, -0.05) is 38.5 Å². The summed E-state index contributed by atoms with van der Waals surface area (Å²) >= 11 is 0. The highest BCUT2D eigenvalue weighted by Gasteiger charge is 2.23. The molecular formula is C17H32O3. The molecule has 0 aromatic carbocycles. The second-order valence-electron chi connectivity index (χ2n) is 6.18. The van der Waals surface area contributed by atoms with Crippen molar-refractivity contribution in [1.29, 1.82) is 0 Å². The molecule has 0 aliphatic carbocycles. The van der Waals surface area contributed by atoms with Gasteiger partial charge in [-0.2, -0.15) is 0 Å². The van der Waals surface area contributed by atoms with Crippen LogP contribution in [0.1, 0.15) is 41.5 Å². The third-order valence-corrected chi connectivity index (χ3v) is 3.73. The zero-order valence-corrected chi connectivity index (χ0v) is 14.1. The van der Waals surface area contributed by atoms with Gasteiger partial charge >= 0.3 is 0 Å². The lowest BCUT2D eigenvalue weighted by Gasteiger charge is -2.27. The van der Waals surface area contributed by atoms with Crippen LogP contribution in [0.2, 0.25) is 0 Å². The molecule has 0 aromatic heterocycles. The maximum atomic E-state index is 10.3. The van der Waals surface area contributed by atoms with Crippen LogP contribution in [0.4, 0.5) is 0 Å². The molecule has 0 spiro atoms. The molecule has 0 radical (unpaired) electrons. The minimum atomic E-state index is -0.478. The molecule has 0 aliphatic rings. The molecule has 0 unspecified atom stereocenters. The summed E-state index contributed by atoms with van der Waals surface area (Å²) in [5, 5.41) is 19.6. The zero-order valence-electron chi connectivity index (χ0n) is 14.1. The lowest BCUT2D eigenvalue weighted by atomic mass is 9.89. The van der Waals surface area contributed by atoms with E-state index in [2.05, 4.69) is 19.1 Å². The first-order valence-corrected chi connectivity index (χ1v) is 7.39. The molecule has 3 heteroatoms. The van der Waals surface area contributed by atoms with Crippen molar-refractivity contribution < 1.29 is 14.9 Å². The fourth-order valence-electron chi connectivity index (χ4n) is 2.71. The highest BCUT2D eigenvalue weighted by Crippen LogP contribution is 2.22. The number of rotatable bonds is 8. The summed E-state index contributed by atoms with van der Waals surface area (Å²) in [7, 11) is 1.67. The van der Waals surface area contributed by atoms with Crippen molar-refractivity contribution in [2.45, 2.75) is 53.8 Å². The van der Waals surface area contributed by atoms with E-state index in [4.69, 9.17) is 4.74 Å². The molecule has 0 aromatic rings. The number of methoxy groups -OCH3 is 1. The van der Waals surface area contributed by atoms with E-state index in [1.54, 1.807) is 7.11 Å². The first kappa shape index (κ1) is 19.4. The lowest BCUT2D eigenvalue weighted by Crippen LogP contribution is -2.30. The Labute approximate surface area is 124 Å². The van der Waals surface area contributed by atoms with Crippen molar-refractivity contribution in [2.24, 2.45) is 17.8 Å². The molecule has 0 bridgehead atoms. The maximum Gasteiger partial charge on any atom is 0.0807 e. The third kappa shape index (κ3) is 6.21. The number of aliphatic hydroxyl groups is 2. The number of ether oxygens (including phenoxy) is 1. The van der Waals surface area contributed by atoms with Crippen LogP contribution in [-0.2, 0) is 4.74 Å². The van der Waals surface area contributed by atoms with Gasteiger partial charge in [0, 0.05) is 31.5 Å². The number of allylic oxidation sites excluding steroid dienone is 1. The van der Waals surface area contributed by atoms with Gasteiger partial charge in [-0.05, 0) is 26.3 Å². The Morgan fingerprint density at radius 3 is 2.00 bits per heavy atom. The maximum absolute atomic E-state index is 10.3. The molecule has 2 N–H and O–H groups in total. The van der Waals surface area contributed by atoms with Crippen molar-refractivity contribution in [3.05, 3.63) is 23.3 Å². The van der Waals surface area contributed by atoms with Gasteiger partial charge in [-0.3, -0.25) is 0 Å². The van der Waals surface area contributed by atoms with Crippen LogP contribution >= 0.6 is 0 Å². The van der Waals surface area contributed by atoms with E-state index < -0.39 is 6.10 Å². The van der Waals surface area contributed by atoms with Crippen molar-refractivity contribution in [3.63, 3.8) is 0 Å². The van der Waals surface area contributed by atoms with E-state index in [0.29, 0.717) is 0 Å². The highest BCUT2D eigenvalue weighted by atomic mass is 16.5. The molecule has 3 nitrogen and oxygen atoms in total. The monoisotopic (exact) mass is 284 g/mol. The van der Waals surface area contributed by atoms with Crippen LogP contribution in [-0.4, -0.2) is 36.1 Å². The predicted octanol–water partition coefficient (Wildman–Crippen LogP) is 3.18. The molecular weight excluding hydrogens is 252 g/mol. The molecule has 0 heterocycles. The van der Waals surface area contributed by atoms with Gasteiger partial charge in [0.15, 0.2) is 0 Å². The lowest BCUT2D eigenvalue weighted by molar-refractivity contribution is 0.0101. The predicted molar refractivity (Wildman–Crippen MR) is 84.6 cm³/mol. The molecule has 0 aliphatic heterocycles. The molecule has 0 amide bonds. The minimum absolute atomic E-state index is 0.0408. The zero-order chi connectivity index (χ0) is 15.9. The Morgan fingerprint density at radius 2 is 1.60 bits per heavy atom. The van der Waals surface area contributed by atoms with Crippen LogP contribution < -0.4 is 0 Å². The number of hydrogen-bond donors (Lipinski definition) is 2. The summed E-state index contributed by atoms with van der Waals surface area (Å²) in [6, 6.07) is 0. The third-order valence-electron chi connectivity index (χ3n) is 3.73. The van der Waals surface area contributed by atoms with E-state index in [-0.39, 0.29) is 30.5 Å². The van der Waals surface area contributed by atoms with E-state index >= 15 is 0 Å². The molecule has 118 valence electrons. The smallest absolute Gasteiger partial charge is 0.0807 e. The fourth-order valence-corrected chi connectivity index (χ4v) is 2.71. The van der Waals surface area contributed by atoms with E-state index in [1.807, 2.05) is 34.6 Å². The Hall–Kier alpha value is -0.640. The first-order chi connectivity index (χ1) is 9.24. The Balaban J connectivity index is 4.89. The Bertz CT molecular complexity index is 329. The van der Waals surface area contributed by atoms with Gasteiger partial charge in [0.05, 0.1) is 12.2 Å². The van der Waals surface area contributed by atoms with Crippen LogP contribution in [0.25, 0.3) is 0 Å². The summed E-state index contributed by atoms with van der Waals surface area (Å²) in [6.07, 6.45) is 3.62. The van der Waals surface area contributed by atoms with Gasteiger partial charge < -0.3 is 14.9 Å². The highest BCUT2D eigenvalue weighted by molar-refractivity contribution is 5.12. The van der Waals surface area contributed by atoms with Gasteiger partial charge in [-0.15, -0.1) is 0 Å². The summed E-state index contributed by atoms with van der Waals surface area (Å²) in [5.74, 6) is 0.321. The Kier molecular flexibility index (Phi) is 9.03. The molecule has 5 atom stereocenters. The summed E-state index contributed by atoms with van der Waals surface area (Å²) in [5.41, 5.74) is 2.16. The van der Waals surface area contributed by atoms with Gasteiger partial charge in [0.1, 0.15) is 0 Å².